The van der Waals surface area contributed by atoms with Gasteiger partial charge < -0.3 is 14.9 Å². The van der Waals surface area contributed by atoms with Crippen LogP contribution in [0.5, 0.6) is 0 Å². The van der Waals surface area contributed by atoms with E-state index >= 15 is 0 Å². The van der Waals surface area contributed by atoms with E-state index < -0.39 is 45.3 Å². The number of aliphatic hydroxyl groups excluding tert-OH is 2. The number of thiazole rings is 1. The molecule has 7 nitrogen and oxygen atoms in total. The SMILES string of the molecule is C=C1[C@@H](O)C(C)CCC/C(C)=C\C[C@@H](/C(C)=C/c2csc(C)n2)OC(=O)C[C@H](O)C(C)(C)S1(=O)=O. The fourth-order valence-corrected chi connectivity index (χ4v) is 6.21. The molecule has 1 aromatic heterocycles. The molecule has 0 saturated carbocycles. The lowest BCUT2D eigenvalue weighted by molar-refractivity contribution is -0.149. The molecule has 1 aliphatic heterocycles. The van der Waals surface area contributed by atoms with Crippen molar-refractivity contribution in [3.8, 4) is 0 Å². The molecule has 0 radical (unpaired) electrons. The Bertz CT molecular complexity index is 1080. The highest BCUT2D eigenvalue weighted by molar-refractivity contribution is 7.96. The first-order chi connectivity index (χ1) is 16.2. The number of hydrogen-bond donors (Lipinski definition) is 2. The van der Waals surface area contributed by atoms with Crippen LogP contribution in [0.4, 0.5) is 0 Å². The second kappa shape index (κ2) is 12.0. The number of aromatic nitrogens is 1. The third kappa shape index (κ3) is 7.35. The summed E-state index contributed by atoms with van der Waals surface area (Å²) in [5, 5.41) is 24.3. The van der Waals surface area contributed by atoms with Gasteiger partial charge in [-0.25, -0.2) is 13.4 Å². The first-order valence-corrected chi connectivity index (χ1v) is 14.3. The minimum absolute atomic E-state index is 0.324. The molecule has 1 aromatic rings. The second-order valence-corrected chi connectivity index (χ2v) is 13.7. The first-order valence-electron chi connectivity index (χ1n) is 11.9. The van der Waals surface area contributed by atoms with E-state index in [1.165, 1.54) is 25.2 Å². The number of esters is 1. The van der Waals surface area contributed by atoms with E-state index in [-0.39, 0.29) is 10.8 Å². The summed E-state index contributed by atoms with van der Waals surface area (Å²) >= 11 is 1.53. The Labute approximate surface area is 213 Å². The number of aliphatic hydroxyl groups is 2. The van der Waals surface area contributed by atoms with E-state index in [0.29, 0.717) is 12.8 Å². The highest BCUT2D eigenvalue weighted by Gasteiger charge is 2.46. The summed E-state index contributed by atoms with van der Waals surface area (Å²) in [6.45, 7) is 13.9. The first kappa shape index (κ1) is 29.4. The van der Waals surface area contributed by atoms with E-state index in [4.69, 9.17) is 4.74 Å². The Morgan fingerprint density at radius 2 is 1.97 bits per heavy atom. The van der Waals surface area contributed by atoms with Crippen LogP contribution < -0.4 is 0 Å². The molecule has 0 amide bonds. The van der Waals surface area contributed by atoms with Gasteiger partial charge in [-0.15, -0.1) is 11.3 Å². The number of sulfone groups is 1. The average Bonchev–Trinajstić information content (AvgIpc) is 3.18. The fraction of sp³-hybridized carbons (Fsp3) is 0.615. The van der Waals surface area contributed by atoms with E-state index in [0.717, 1.165) is 34.7 Å². The predicted molar refractivity (Wildman–Crippen MR) is 141 cm³/mol. The van der Waals surface area contributed by atoms with Crippen molar-refractivity contribution in [1.29, 1.82) is 0 Å². The number of rotatable bonds is 2. The minimum atomic E-state index is -4.17. The summed E-state index contributed by atoms with van der Waals surface area (Å²) in [5.74, 6) is -1.03. The third-order valence-electron chi connectivity index (χ3n) is 6.77. The largest absolute Gasteiger partial charge is 0.457 e. The average molecular weight is 526 g/mol. The Balaban J connectivity index is 2.40. The van der Waals surface area contributed by atoms with Crippen LogP contribution in [-0.4, -0.2) is 52.6 Å². The molecule has 0 bridgehead atoms. The maximum Gasteiger partial charge on any atom is 0.309 e. The molecule has 0 aliphatic carbocycles. The molecule has 2 heterocycles. The monoisotopic (exact) mass is 525 g/mol. The molecular weight excluding hydrogens is 486 g/mol. The predicted octanol–water partition coefficient (Wildman–Crippen LogP) is 4.74. The molecule has 196 valence electrons. The van der Waals surface area contributed by atoms with Crippen LogP contribution in [0, 0.1) is 12.8 Å². The smallest absolute Gasteiger partial charge is 0.309 e. The van der Waals surface area contributed by atoms with Crippen LogP contribution in [0.1, 0.15) is 77.4 Å². The fourth-order valence-electron chi connectivity index (χ4n) is 3.97. The number of cyclic esters (lactones) is 1. The maximum absolute atomic E-state index is 13.3. The number of allylic oxidation sites excluding steroid dienone is 1. The molecule has 0 spiro atoms. The van der Waals surface area contributed by atoms with Crippen LogP contribution in [0.2, 0.25) is 0 Å². The van der Waals surface area contributed by atoms with Crippen molar-refractivity contribution in [3.63, 3.8) is 0 Å². The second-order valence-electron chi connectivity index (χ2n) is 10.1. The highest BCUT2D eigenvalue weighted by atomic mass is 32.2. The van der Waals surface area contributed by atoms with Crippen molar-refractivity contribution in [3.05, 3.63) is 44.8 Å². The van der Waals surface area contributed by atoms with E-state index in [2.05, 4.69) is 11.6 Å². The molecule has 4 atom stereocenters. The van der Waals surface area contributed by atoms with E-state index in [1.807, 2.05) is 38.3 Å². The number of nitrogens with zero attached hydrogens (tertiary/aromatic N) is 1. The lowest BCUT2D eigenvalue weighted by Gasteiger charge is -2.33. The summed E-state index contributed by atoms with van der Waals surface area (Å²) in [6.07, 6.45) is 2.63. The number of hydrogen-bond acceptors (Lipinski definition) is 8. The van der Waals surface area contributed by atoms with Crippen molar-refractivity contribution in [2.24, 2.45) is 5.92 Å². The molecule has 0 saturated heterocycles. The van der Waals surface area contributed by atoms with Gasteiger partial charge in [0.15, 0.2) is 9.84 Å². The van der Waals surface area contributed by atoms with Crippen molar-refractivity contribution < 1.29 is 28.2 Å². The Kier molecular flexibility index (Phi) is 10.0. The maximum atomic E-state index is 13.3. The number of aryl methyl sites for hydroxylation is 1. The van der Waals surface area contributed by atoms with Gasteiger partial charge in [-0.05, 0) is 71.4 Å². The van der Waals surface area contributed by atoms with Crippen LogP contribution in [-0.2, 0) is 19.4 Å². The summed E-state index contributed by atoms with van der Waals surface area (Å²) in [6, 6.07) is 0. The van der Waals surface area contributed by atoms with Gasteiger partial charge in [-0.2, -0.15) is 0 Å². The highest BCUT2D eigenvalue weighted by Crippen LogP contribution is 2.33. The Morgan fingerprint density at radius 1 is 1.31 bits per heavy atom. The van der Waals surface area contributed by atoms with Gasteiger partial charge in [-0.1, -0.05) is 25.2 Å². The van der Waals surface area contributed by atoms with Crippen molar-refractivity contribution in [2.45, 2.75) is 96.7 Å². The molecular formula is C26H39NO6S2. The van der Waals surface area contributed by atoms with E-state index in [1.54, 1.807) is 6.92 Å². The zero-order chi connectivity index (χ0) is 26.6. The van der Waals surface area contributed by atoms with Gasteiger partial charge in [0.25, 0.3) is 0 Å². The van der Waals surface area contributed by atoms with Crippen molar-refractivity contribution in [1.82, 2.24) is 4.98 Å². The summed E-state index contributed by atoms with van der Waals surface area (Å²) in [7, 11) is -4.17. The van der Waals surface area contributed by atoms with Gasteiger partial charge in [-0.3, -0.25) is 4.79 Å². The third-order valence-corrected chi connectivity index (χ3v) is 10.2. The van der Waals surface area contributed by atoms with Gasteiger partial charge in [0.05, 0.1) is 39.0 Å². The number of carbonyl (C=O) groups is 1. The quantitative estimate of drug-likeness (QED) is 0.423. The van der Waals surface area contributed by atoms with Gasteiger partial charge in [0.2, 0.25) is 0 Å². The molecule has 1 aliphatic rings. The van der Waals surface area contributed by atoms with Gasteiger partial charge in [0.1, 0.15) is 6.10 Å². The van der Waals surface area contributed by atoms with Gasteiger partial charge in [0, 0.05) is 11.8 Å². The van der Waals surface area contributed by atoms with Crippen LogP contribution in [0.15, 0.2) is 34.1 Å². The van der Waals surface area contributed by atoms with E-state index in [9.17, 15) is 23.4 Å². The lowest BCUT2D eigenvalue weighted by atomic mass is 9.95. The van der Waals surface area contributed by atoms with Crippen molar-refractivity contribution in [2.75, 3.05) is 0 Å². The molecule has 0 aromatic carbocycles. The molecule has 2 rings (SSSR count). The van der Waals surface area contributed by atoms with Crippen LogP contribution >= 0.6 is 11.3 Å². The summed E-state index contributed by atoms with van der Waals surface area (Å²) in [4.78, 5) is 16.9. The normalized spacial score (nSPS) is 30.9. The van der Waals surface area contributed by atoms with Crippen LogP contribution in [0.3, 0.4) is 0 Å². The van der Waals surface area contributed by atoms with Crippen molar-refractivity contribution >= 4 is 33.2 Å². The van der Waals surface area contributed by atoms with Gasteiger partial charge >= 0.3 is 5.97 Å². The Morgan fingerprint density at radius 3 is 2.57 bits per heavy atom. The number of ether oxygens (including phenoxy) is 1. The number of carbonyl (C=O) groups excluding carboxylic acids is 1. The molecule has 9 heteroatoms. The lowest BCUT2D eigenvalue weighted by Crippen LogP contribution is -2.47. The Hall–Kier alpha value is -1.81. The summed E-state index contributed by atoms with van der Waals surface area (Å²) < 4.78 is 30.5. The summed E-state index contributed by atoms with van der Waals surface area (Å²) in [5.41, 5.74) is 2.71. The standard InChI is InChI=1S/C26H39NO6S2/c1-16-9-8-10-17(2)25(30)19(4)35(31,32)26(6,7)23(28)14-24(29)33-22(12-11-16)18(3)13-21-15-34-20(5)27-21/h11,13,15,17,22-23,25,28,30H,4,8-10,12,14H2,1-3,5-7H3/b16-11-,18-13+/t17?,22-,23-,25-/m0/s1. The molecule has 35 heavy (non-hydrogen) atoms. The van der Waals surface area contributed by atoms with Crippen LogP contribution in [0.25, 0.3) is 6.08 Å². The minimum Gasteiger partial charge on any atom is -0.457 e. The zero-order valence-electron chi connectivity index (χ0n) is 21.6. The molecule has 0 fully saturated rings. The molecule has 2 N–H and O–H groups in total. The molecule has 1 unspecified atom stereocenters. The zero-order valence-corrected chi connectivity index (χ0v) is 23.2. The topological polar surface area (TPSA) is 114 Å².